The van der Waals surface area contributed by atoms with E-state index in [0.717, 1.165) is 6.42 Å². The van der Waals surface area contributed by atoms with Gasteiger partial charge >= 0.3 is 0 Å². The minimum Gasteiger partial charge on any atom is -0.295 e. The molecule has 0 amide bonds. The maximum Gasteiger partial charge on any atom is 0.0595 e. The molecule has 0 aromatic carbocycles. The number of fused-ring (bicyclic) bond motifs is 1. The van der Waals surface area contributed by atoms with Gasteiger partial charge in [0.2, 0.25) is 0 Å². The van der Waals surface area contributed by atoms with Crippen LogP contribution in [0.25, 0.3) is 0 Å². The number of likely N-dealkylation sites (N-methyl/N-ethyl adjacent to an activating group) is 1. The number of allylic oxidation sites excluding steroid dienone is 6. The van der Waals surface area contributed by atoms with Crippen molar-refractivity contribution in [2.24, 2.45) is 0 Å². The fourth-order valence-electron chi connectivity index (χ4n) is 3.18. The molecule has 0 radical (unpaired) electrons. The first-order valence-corrected chi connectivity index (χ1v) is 9.40. The average Bonchev–Trinajstić information content (AvgIpc) is 2.86. The van der Waals surface area contributed by atoms with E-state index in [1.165, 1.54) is 37.8 Å². The van der Waals surface area contributed by atoms with E-state index in [1.807, 2.05) is 13.8 Å². The van der Waals surface area contributed by atoms with E-state index in [4.69, 9.17) is 0 Å². The summed E-state index contributed by atoms with van der Waals surface area (Å²) in [5.74, 6) is 0. The minimum absolute atomic E-state index is 0.474. The highest BCUT2D eigenvalue weighted by Crippen LogP contribution is 2.35. The normalized spacial score (nSPS) is 23.0. The highest BCUT2D eigenvalue weighted by Gasteiger charge is 2.29. The smallest absolute Gasteiger partial charge is 0.0595 e. The standard InChI is InChI=1S/C17H21N.C3H8.C2H6/c1-18-13-12-14-8-6-7-11-16(14)17(18)15-9-4-2-3-5-10-15;1-3-2;1-2/h2-4,8-11,17H,5-7,12-13H2,1H3;3H2,1-2H3;1-2H3. The Hall–Kier alpha value is -1.34. The zero-order valence-corrected chi connectivity index (χ0v) is 15.8. The van der Waals surface area contributed by atoms with Crippen LogP contribution in [0.1, 0.15) is 59.8 Å². The van der Waals surface area contributed by atoms with Gasteiger partial charge in [-0.3, -0.25) is 4.90 Å². The molecule has 23 heavy (non-hydrogen) atoms. The molecule has 0 aromatic rings. The van der Waals surface area contributed by atoms with Gasteiger partial charge in [0, 0.05) is 6.54 Å². The van der Waals surface area contributed by atoms with E-state index in [2.05, 4.69) is 68.3 Å². The van der Waals surface area contributed by atoms with E-state index in [0.29, 0.717) is 6.04 Å². The molecule has 3 rings (SSSR count). The molecule has 1 unspecified atom stereocenters. The number of hydrogen-bond donors (Lipinski definition) is 0. The summed E-state index contributed by atoms with van der Waals surface area (Å²) < 4.78 is 0. The van der Waals surface area contributed by atoms with Gasteiger partial charge in [0.05, 0.1) is 6.04 Å². The summed E-state index contributed by atoms with van der Waals surface area (Å²) in [6.07, 6.45) is 22.1. The second-order valence-corrected chi connectivity index (χ2v) is 6.03. The van der Waals surface area contributed by atoms with Crippen LogP contribution < -0.4 is 0 Å². The molecule has 0 aromatic heterocycles. The van der Waals surface area contributed by atoms with Gasteiger partial charge in [-0.1, -0.05) is 76.6 Å². The van der Waals surface area contributed by atoms with E-state index in [-0.39, 0.29) is 0 Å². The molecule has 1 nitrogen and oxygen atoms in total. The number of piperidine rings is 1. The van der Waals surface area contributed by atoms with Gasteiger partial charge in [-0.25, -0.2) is 0 Å². The Balaban J connectivity index is 0.000000477. The number of hydrogen-bond acceptors (Lipinski definition) is 1. The van der Waals surface area contributed by atoms with Crippen LogP contribution in [-0.4, -0.2) is 24.5 Å². The van der Waals surface area contributed by atoms with Crippen molar-refractivity contribution in [1.82, 2.24) is 4.90 Å². The lowest BCUT2D eigenvalue weighted by atomic mass is 9.82. The maximum absolute atomic E-state index is 2.50. The van der Waals surface area contributed by atoms with Crippen LogP contribution in [0.2, 0.25) is 0 Å². The third-order valence-electron chi connectivity index (χ3n) is 4.10. The third kappa shape index (κ3) is 5.66. The second kappa shape index (κ2) is 11.2. The number of nitrogens with zero attached hydrogens (tertiary/aromatic N) is 1. The van der Waals surface area contributed by atoms with Gasteiger partial charge in [0.15, 0.2) is 0 Å². The molecule has 0 spiro atoms. The van der Waals surface area contributed by atoms with Gasteiger partial charge < -0.3 is 0 Å². The molecule has 1 heterocycles. The lowest BCUT2D eigenvalue weighted by Gasteiger charge is -2.38. The van der Waals surface area contributed by atoms with Crippen LogP contribution in [-0.2, 0) is 0 Å². The summed E-state index contributed by atoms with van der Waals surface area (Å²) >= 11 is 0. The quantitative estimate of drug-likeness (QED) is 0.555. The van der Waals surface area contributed by atoms with Gasteiger partial charge in [-0.15, -0.1) is 0 Å². The topological polar surface area (TPSA) is 3.24 Å². The Morgan fingerprint density at radius 3 is 2.48 bits per heavy atom. The summed E-state index contributed by atoms with van der Waals surface area (Å²) in [5.41, 5.74) is 4.62. The Morgan fingerprint density at radius 2 is 1.74 bits per heavy atom. The fourth-order valence-corrected chi connectivity index (χ4v) is 3.18. The van der Waals surface area contributed by atoms with Crippen LogP contribution in [0, 0.1) is 0 Å². The predicted octanol–water partition coefficient (Wildman–Crippen LogP) is 6.22. The summed E-state index contributed by atoms with van der Waals surface area (Å²) in [6.45, 7) is 9.42. The SMILES string of the molecule is CC.CCC.CN1CCC2=CCCC=C2C1C1=CCC=CC=C1. The Morgan fingerprint density at radius 1 is 1.04 bits per heavy atom. The van der Waals surface area contributed by atoms with Crippen LogP contribution in [0.15, 0.2) is 59.3 Å². The Labute approximate surface area is 144 Å². The highest BCUT2D eigenvalue weighted by atomic mass is 15.1. The van der Waals surface area contributed by atoms with Crippen molar-refractivity contribution >= 4 is 0 Å². The van der Waals surface area contributed by atoms with Crippen LogP contribution in [0.5, 0.6) is 0 Å². The van der Waals surface area contributed by atoms with Crippen LogP contribution in [0.4, 0.5) is 0 Å². The predicted molar refractivity (Wildman–Crippen MR) is 105 cm³/mol. The van der Waals surface area contributed by atoms with E-state index >= 15 is 0 Å². The van der Waals surface area contributed by atoms with Crippen molar-refractivity contribution in [3.05, 3.63) is 59.3 Å². The number of likely N-dealkylation sites (tertiary alicyclic amines) is 1. The van der Waals surface area contributed by atoms with E-state index in [1.54, 1.807) is 11.1 Å². The molecule has 0 bridgehead atoms. The fraction of sp³-hybridized carbons (Fsp3) is 0.545. The monoisotopic (exact) mass is 313 g/mol. The zero-order valence-electron chi connectivity index (χ0n) is 15.8. The molecule has 0 N–H and O–H groups in total. The largest absolute Gasteiger partial charge is 0.295 e. The molecule has 1 saturated heterocycles. The summed E-state index contributed by atoms with van der Waals surface area (Å²) in [5, 5.41) is 0. The first-order chi connectivity index (χ1) is 11.3. The van der Waals surface area contributed by atoms with E-state index < -0.39 is 0 Å². The molecule has 1 atom stereocenters. The highest BCUT2D eigenvalue weighted by molar-refractivity contribution is 5.48. The first kappa shape index (κ1) is 19.7. The van der Waals surface area contributed by atoms with Crippen molar-refractivity contribution in [3.63, 3.8) is 0 Å². The molecular weight excluding hydrogens is 278 g/mol. The van der Waals surface area contributed by atoms with Crippen molar-refractivity contribution in [2.45, 2.75) is 65.8 Å². The maximum atomic E-state index is 2.50. The molecule has 3 aliphatic rings. The summed E-state index contributed by atoms with van der Waals surface area (Å²) in [6, 6.07) is 0.474. The molecule has 1 heteroatoms. The Kier molecular flexibility index (Phi) is 9.63. The van der Waals surface area contributed by atoms with E-state index in [9.17, 15) is 0 Å². The van der Waals surface area contributed by atoms with Crippen molar-refractivity contribution in [3.8, 4) is 0 Å². The zero-order chi connectivity index (χ0) is 17.1. The third-order valence-corrected chi connectivity index (χ3v) is 4.10. The lowest BCUT2D eigenvalue weighted by molar-refractivity contribution is 0.285. The molecule has 0 saturated carbocycles. The lowest BCUT2D eigenvalue weighted by Crippen LogP contribution is -2.40. The summed E-state index contributed by atoms with van der Waals surface area (Å²) in [7, 11) is 2.25. The molecule has 2 aliphatic carbocycles. The van der Waals surface area contributed by atoms with Gasteiger partial charge in [0.1, 0.15) is 0 Å². The summed E-state index contributed by atoms with van der Waals surface area (Å²) in [4.78, 5) is 2.50. The van der Waals surface area contributed by atoms with Gasteiger partial charge in [0.25, 0.3) is 0 Å². The average molecular weight is 314 g/mol. The van der Waals surface area contributed by atoms with Crippen molar-refractivity contribution < 1.29 is 0 Å². The molecule has 1 aliphatic heterocycles. The molecule has 128 valence electrons. The van der Waals surface area contributed by atoms with Gasteiger partial charge in [-0.05, 0) is 49.5 Å². The molecule has 1 fully saturated rings. The first-order valence-electron chi connectivity index (χ1n) is 9.40. The number of rotatable bonds is 1. The van der Waals surface area contributed by atoms with Gasteiger partial charge in [-0.2, -0.15) is 0 Å². The van der Waals surface area contributed by atoms with Crippen molar-refractivity contribution in [1.29, 1.82) is 0 Å². The van der Waals surface area contributed by atoms with Crippen molar-refractivity contribution in [2.75, 3.05) is 13.6 Å². The second-order valence-electron chi connectivity index (χ2n) is 6.03. The minimum atomic E-state index is 0.474. The van der Waals surface area contributed by atoms with Crippen LogP contribution >= 0.6 is 0 Å². The van der Waals surface area contributed by atoms with Crippen LogP contribution in [0.3, 0.4) is 0 Å². The molecular formula is C22H35N. The Bertz CT molecular complexity index is 488.